The molecule has 5 aromatic rings. The lowest BCUT2D eigenvalue weighted by Gasteiger charge is -2.21. The van der Waals surface area contributed by atoms with Gasteiger partial charge in [0.25, 0.3) is 0 Å². The number of fused-ring (bicyclic) bond motifs is 2. The summed E-state index contributed by atoms with van der Waals surface area (Å²) in [6.07, 6.45) is 1.74. The molecule has 2 aromatic heterocycles. The van der Waals surface area contributed by atoms with E-state index in [1.54, 1.807) is 6.07 Å². The van der Waals surface area contributed by atoms with Crippen molar-refractivity contribution in [2.45, 2.75) is 66.0 Å². The van der Waals surface area contributed by atoms with Crippen LogP contribution >= 0.6 is 11.6 Å². The highest BCUT2D eigenvalue weighted by Crippen LogP contribution is 2.42. The van der Waals surface area contributed by atoms with Crippen LogP contribution < -0.4 is 4.74 Å². The minimum absolute atomic E-state index is 0.0587. The van der Waals surface area contributed by atoms with E-state index in [2.05, 4.69) is 5.10 Å². The zero-order valence-corrected chi connectivity index (χ0v) is 28.7. The van der Waals surface area contributed by atoms with E-state index in [9.17, 15) is 14.3 Å². The molecular weight excluding hydrogens is 621 g/mol. The lowest BCUT2D eigenvalue weighted by molar-refractivity contribution is 0.00559. The van der Waals surface area contributed by atoms with Gasteiger partial charge in [0.1, 0.15) is 22.9 Å². The van der Waals surface area contributed by atoms with Gasteiger partial charge in [0.05, 0.1) is 36.1 Å². The molecule has 0 atom stereocenters. The third kappa shape index (κ3) is 7.48. The summed E-state index contributed by atoms with van der Waals surface area (Å²) in [4.78, 5) is 14.1. The van der Waals surface area contributed by atoms with E-state index in [-0.39, 0.29) is 19.0 Å². The Morgan fingerprint density at radius 3 is 2.47 bits per heavy atom. The average molecular weight is 664 g/mol. The molecule has 47 heavy (non-hydrogen) atoms. The molecule has 8 nitrogen and oxygen atoms in total. The van der Waals surface area contributed by atoms with Crippen LogP contribution in [0.4, 0.5) is 4.39 Å². The third-order valence-electron chi connectivity index (χ3n) is 8.17. The van der Waals surface area contributed by atoms with Gasteiger partial charge in [0, 0.05) is 47.8 Å². The third-order valence-corrected chi connectivity index (χ3v) is 8.48. The molecule has 0 unspecified atom stereocenters. The molecule has 5 rings (SSSR count). The predicted molar refractivity (Wildman–Crippen MR) is 184 cm³/mol. The van der Waals surface area contributed by atoms with Crippen molar-refractivity contribution in [1.29, 1.82) is 0 Å². The van der Waals surface area contributed by atoms with E-state index in [1.807, 2.05) is 81.2 Å². The molecule has 0 saturated carbocycles. The minimum Gasteiger partial charge on any atom is -0.493 e. The van der Waals surface area contributed by atoms with Gasteiger partial charge in [-0.25, -0.2) is 9.18 Å². The first kappa shape index (κ1) is 34.4. The van der Waals surface area contributed by atoms with Crippen molar-refractivity contribution in [1.82, 2.24) is 14.3 Å². The number of aliphatic hydroxyl groups is 1. The number of aromatic nitrogens is 3. The predicted octanol–water partition coefficient (Wildman–Crippen LogP) is 7.97. The normalized spacial score (nSPS) is 11.9. The minimum atomic E-state index is -0.714. The smallest absolute Gasteiger partial charge is 0.355 e. The van der Waals surface area contributed by atoms with Crippen molar-refractivity contribution in [3.63, 3.8) is 0 Å². The Morgan fingerprint density at radius 1 is 1.00 bits per heavy atom. The van der Waals surface area contributed by atoms with Crippen LogP contribution in [0.2, 0.25) is 5.02 Å². The number of aryl methyl sites for hydroxylation is 4. The summed E-state index contributed by atoms with van der Waals surface area (Å²) in [7, 11) is 1.90. The number of benzene rings is 3. The quantitative estimate of drug-likeness (QED) is 0.102. The average Bonchev–Trinajstić information content (AvgIpc) is 3.45. The number of carbonyl (C=O) groups is 1. The second-order valence-corrected chi connectivity index (χ2v) is 13.1. The maximum atomic E-state index is 14.1. The molecule has 0 radical (unpaired) electrons. The van der Waals surface area contributed by atoms with Crippen molar-refractivity contribution in [3.8, 4) is 16.9 Å². The summed E-state index contributed by atoms with van der Waals surface area (Å²) in [6.45, 7) is 11.0. The first-order chi connectivity index (χ1) is 22.4. The Bertz CT molecular complexity index is 1910. The zero-order valence-electron chi connectivity index (χ0n) is 28.0. The molecule has 0 spiro atoms. The van der Waals surface area contributed by atoms with Gasteiger partial charge in [0.2, 0.25) is 0 Å². The van der Waals surface area contributed by atoms with Gasteiger partial charge in [0.15, 0.2) is 0 Å². The van der Waals surface area contributed by atoms with Gasteiger partial charge in [-0.3, -0.25) is 4.68 Å². The fourth-order valence-electron chi connectivity index (χ4n) is 6.18. The summed E-state index contributed by atoms with van der Waals surface area (Å²) >= 11 is 7.00. The lowest BCUT2D eigenvalue weighted by Crippen LogP contribution is -2.26. The van der Waals surface area contributed by atoms with Gasteiger partial charge in [-0.1, -0.05) is 29.8 Å². The van der Waals surface area contributed by atoms with Crippen LogP contribution in [0.15, 0.2) is 48.5 Å². The van der Waals surface area contributed by atoms with Gasteiger partial charge in [-0.05, 0) is 95.2 Å². The largest absolute Gasteiger partial charge is 0.493 e. The molecule has 1 N–H and O–H groups in total. The first-order valence-corrected chi connectivity index (χ1v) is 16.4. The van der Waals surface area contributed by atoms with Crippen LogP contribution in [0.5, 0.6) is 5.75 Å². The van der Waals surface area contributed by atoms with E-state index in [1.165, 1.54) is 12.1 Å². The SMILES string of the molecule is Cc1nn(C)c(C)c1-c1c(Cl)ccc2c(CCCOc3cccc4cc(F)ccc34)c(C(=O)OC(C)(C)C)n(CCCOCCO)c12. The van der Waals surface area contributed by atoms with E-state index >= 15 is 0 Å². The van der Waals surface area contributed by atoms with Crippen LogP contribution in [-0.4, -0.2) is 57.5 Å². The molecular formula is C37H43ClFN3O5. The van der Waals surface area contributed by atoms with Crippen molar-refractivity contribution < 1.29 is 28.5 Å². The van der Waals surface area contributed by atoms with Crippen LogP contribution in [0.25, 0.3) is 32.8 Å². The highest BCUT2D eigenvalue weighted by atomic mass is 35.5. The molecule has 0 aliphatic heterocycles. The van der Waals surface area contributed by atoms with Crippen molar-refractivity contribution in [2.75, 3.05) is 26.4 Å². The Labute approximate surface area is 280 Å². The molecule has 0 aliphatic rings. The number of ether oxygens (including phenoxy) is 3. The summed E-state index contributed by atoms with van der Waals surface area (Å²) in [6, 6.07) is 14.1. The molecule has 0 fully saturated rings. The molecule has 0 aliphatic carbocycles. The maximum Gasteiger partial charge on any atom is 0.355 e. The van der Waals surface area contributed by atoms with E-state index < -0.39 is 11.6 Å². The van der Waals surface area contributed by atoms with Gasteiger partial charge >= 0.3 is 5.97 Å². The van der Waals surface area contributed by atoms with E-state index in [0.29, 0.717) is 55.5 Å². The Hall–Kier alpha value is -3.92. The second-order valence-electron chi connectivity index (χ2n) is 12.7. The zero-order chi connectivity index (χ0) is 33.9. The molecule has 2 heterocycles. The summed E-state index contributed by atoms with van der Waals surface area (Å²) in [5.74, 6) is -0.0349. The Balaban J connectivity index is 1.60. The van der Waals surface area contributed by atoms with Crippen LogP contribution in [0, 0.1) is 19.7 Å². The number of carbonyl (C=O) groups excluding carboxylic acids is 1. The fourth-order valence-corrected chi connectivity index (χ4v) is 6.42. The summed E-state index contributed by atoms with van der Waals surface area (Å²) < 4.78 is 35.5. The second kappa shape index (κ2) is 14.5. The first-order valence-electron chi connectivity index (χ1n) is 16.0. The summed E-state index contributed by atoms with van der Waals surface area (Å²) in [5, 5.41) is 16.9. The number of esters is 1. The maximum absolute atomic E-state index is 14.1. The number of hydrogen-bond donors (Lipinski definition) is 1. The molecule has 0 amide bonds. The van der Waals surface area contributed by atoms with Crippen LogP contribution in [0.1, 0.15) is 61.1 Å². The standard InChI is InChI=1S/C37H43ClFN3O5/c1-23-32(24(2)41(6)40-23)33-30(38)16-15-29-28(11-8-20-46-31-12-7-10-25-22-26(39)13-14-27(25)31)35(36(44)47-37(3,4)5)42(34(29)33)17-9-19-45-21-18-43/h7,10,12-16,22,43H,8-9,11,17-21H2,1-6H3. The number of hydrogen-bond acceptors (Lipinski definition) is 6. The molecule has 10 heteroatoms. The number of rotatable bonds is 13. The Kier molecular flexibility index (Phi) is 10.6. The number of aliphatic hydroxyl groups excluding tert-OH is 1. The van der Waals surface area contributed by atoms with Crippen molar-refractivity contribution in [3.05, 3.63) is 82.0 Å². The number of halogens is 2. The van der Waals surface area contributed by atoms with Crippen molar-refractivity contribution >= 4 is 39.2 Å². The molecule has 3 aromatic carbocycles. The number of nitrogens with zero attached hydrogens (tertiary/aromatic N) is 3. The molecule has 0 saturated heterocycles. The van der Waals surface area contributed by atoms with Crippen LogP contribution in [-0.2, 0) is 29.5 Å². The highest BCUT2D eigenvalue weighted by Gasteiger charge is 2.30. The van der Waals surface area contributed by atoms with Gasteiger partial charge in [-0.2, -0.15) is 5.10 Å². The topological polar surface area (TPSA) is 87.7 Å². The van der Waals surface area contributed by atoms with Crippen molar-refractivity contribution in [2.24, 2.45) is 7.05 Å². The highest BCUT2D eigenvalue weighted by molar-refractivity contribution is 6.35. The summed E-state index contributed by atoms with van der Waals surface area (Å²) in [5.41, 5.74) is 4.99. The molecule has 0 bridgehead atoms. The van der Waals surface area contributed by atoms with Gasteiger partial charge in [-0.15, -0.1) is 0 Å². The van der Waals surface area contributed by atoms with E-state index in [4.69, 9.17) is 25.8 Å². The Morgan fingerprint density at radius 2 is 1.77 bits per heavy atom. The lowest BCUT2D eigenvalue weighted by atomic mass is 9.98. The monoisotopic (exact) mass is 663 g/mol. The van der Waals surface area contributed by atoms with Gasteiger partial charge < -0.3 is 23.9 Å². The molecule has 250 valence electrons. The fraction of sp³-hybridized carbons (Fsp3) is 0.405. The van der Waals surface area contributed by atoms with E-state index in [0.717, 1.165) is 49.8 Å². The van der Waals surface area contributed by atoms with Crippen LogP contribution in [0.3, 0.4) is 0 Å².